The zero-order valence-electron chi connectivity index (χ0n) is 13.7. The molecule has 2 aromatic heterocycles. The quantitative estimate of drug-likeness (QED) is 0.896. The van der Waals surface area contributed by atoms with Gasteiger partial charge in [-0.3, -0.25) is 19.0 Å². The molecule has 0 bridgehead atoms. The first kappa shape index (κ1) is 16.3. The maximum Gasteiger partial charge on any atom is 0.311 e. The molecule has 0 radical (unpaired) electrons. The lowest BCUT2D eigenvalue weighted by molar-refractivity contribution is -0.139. The van der Waals surface area contributed by atoms with E-state index in [1.54, 1.807) is 4.90 Å². The highest BCUT2D eigenvalue weighted by Crippen LogP contribution is 2.40. The molecular weight excluding hydrogens is 342 g/mol. The van der Waals surface area contributed by atoms with Gasteiger partial charge in [0, 0.05) is 18.0 Å². The van der Waals surface area contributed by atoms with Gasteiger partial charge in [-0.15, -0.1) is 11.3 Å². The Bertz CT molecular complexity index is 910. The Morgan fingerprint density at radius 3 is 2.76 bits per heavy atom. The summed E-state index contributed by atoms with van der Waals surface area (Å²) in [6.07, 6.45) is 5.53. The van der Waals surface area contributed by atoms with Gasteiger partial charge in [0.15, 0.2) is 0 Å². The molecule has 8 heteroatoms. The first-order valence-electron chi connectivity index (χ1n) is 8.57. The molecule has 1 saturated heterocycles. The van der Waals surface area contributed by atoms with E-state index in [9.17, 15) is 19.5 Å². The van der Waals surface area contributed by atoms with Gasteiger partial charge in [-0.1, -0.05) is 0 Å². The number of fused-ring (bicyclic) bond motifs is 3. The molecule has 2 aliphatic rings. The van der Waals surface area contributed by atoms with E-state index in [0.717, 1.165) is 43.6 Å². The van der Waals surface area contributed by atoms with Crippen molar-refractivity contribution in [3.63, 3.8) is 0 Å². The molecule has 1 aliphatic heterocycles. The van der Waals surface area contributed by atoms with Crippen LogP contribution in [-0.4, -0.2) is 44.5 Å². The second kappa shape index (κ2) is 6.25. The molecule has 25 heavy (non-hydrogen) atoms. The van der Waals surface area contributed by atoms with E-state index in [1.807, 2.05) is 0 Å². The topological polar surface area (TPSA) is 92.5 Å². The van der Waals surface area contributed by atoms with Gasteiger partial charge < -0.3 is 10.0 Å². The van der Waals surface area contributed by atoms with Gasteiger partial charge in [0.2, 0.25) is 5.91 Å². The zero-order chi connectivity index (χ0) is 17.6. The molecule has 4 rings (SSSR count). The highest BCUT2D eigenvalue weighted by Gasteiger charge is 2.32. The fourth-order valence-corrected chi connectivity index (χ4v) is 5.06. The molecule has 2 aromatic rings. The molecule has 0 spiro atoms. The SMILES string of the molecule is O=C(O)C1CCCc2sc3ncn(CC(=O)N4CCCC4)c(=O)c3c21. The average molecular weight is 361 g/mol. The number of rotatable bonds is 3. The minimum atomic E-state index is -0.899. The number of hydrogen-bond donors (Lipinski definition) is 1. The Labute approximate surface area is 147 Å². The van der Waals surface area contributed by atoms with Crippen molar-refractivity contribution in [2.24, 2.45) is 0 Å². The van der Waals surface area contributed by atoms with Gasteiger partial charge in [0.25, 0.3) is 5.56 Å². The van der Waals surface area contributed by atoms with Crippen LogP contribution in [0.1, 0.15) is 42.0 Å². The summed E-state index contributed by atoms with van der Waals surface area (Å²) < 4.78 is 1.32. The van der Waals surface area contributed by atoms with Gasteiger partial charge in [-0.05, 0) is 37.7 Å². The maximum absolute atomic E-state index is 12.9. The first-order valence-corrected chi connectivity index (χ1v) is 9.39. The molecular formula is C17H19N3O4S. The second-order valence-electron chi connectivity index (χ2n) is 6.67. The summed E-state index contributed by atoms with van der Waals surface area (Å²) in [5.41, 5.74) is 0.322. The fraction of sp³-hybridized carbons (Fsp3) is 0.529. The van der Waals surface area contributed by atoms with E-state index >= 15 is 0 Å². The predicted molar refractivity (Wildman–Crippen MR) is 93.0 cm³/mol. The summed E-state index contributed by atoms with van der Waals surface area (Å²) in [5.74, 6) is -1.64. The number of aryl methyl sites for hydroxylation is 1. The predicted octanol–water partition coefficient (Wildman–Crippen LogP) is 1.58. The zero-order valence-corrected chi connectivity index (χ0v) is 14.5. The number of carbonyl (C=O) groups excluding carboxylic acids is 1. The van der Waals surface area contributed by atoms with E-state index in [2.05, 4.69) is 4.98 Å². The van der Waals surface area contributed by atoms with Gasteiger partial charge in [0.1, 0.15) is 11.4 Å². The molecule has 1 unspecified atom stereocenters. The number of aliphatic carboxylic acids is 1. The minimum absolute atomic E-state index is 0.0376. The van der Waals surface area contributed by atoms with E-state index in [0.29, 0.717) is 22.2 Å². The number of hydrogen-bond acceptors (Lipinski definition) is 5. The Kier molecular flexibility index (Phi) is 4.07. The normalized spacial score (nSPS) is 20.0. The highest BCUT2D eigenvalue weighted by atomic mass is 32.1. The van der Waals surface area contributed by atoms with Crippen LogP contribution in [0, 0.1) is 0 Å². The summed E-state index contributed by atoms with van der Waals surface area (Å²) in [6, 6.07) is 0. The van der Waals surface area contributed by atoms with E-state index in [4.69, 9.17) is 0 Å². The Hall–Kier alpha value is -2.22. The van der Waals surface area contributed by atoms with Crippen molar-refractivity contribution in [3.05, 3.63) is 27.1 Å². The van der Waals surface area contributed by atoms with E-state index < -0.39 is 11.9 Å². The Morgan fingerprint density at radius 1 is 1.28 bits per heavy atom. The lowest BCUT2D eigenvalue weighted by atomic mass is 9.86. The van der Waals surface area contributed by atoms with Crippen molar-refractivity contribution >= 4 is 33.4 Å². The lowest BCUT2D eigenvalue weighted by Gasteiger charge is -2.19. The second-order valence-corrected chi connectivity index (χ2v) is 7.75. The molecule has 1 fully saturated rings. The molecule has 1 aliphatic carbocycles. The van der Waals surface area contributed by atoms with Gasteiger partial charge in [-0.25, -0.2) is 4.98 Å². The molecule has 3 heterocycles. The van der Waals surface area contributed by atoms with Crippen molar-refractivity contribution in [1.29, 1.82) is 0 Å². The number of amides is 1. The number of nitrogens with zero attached hydrogens (tertiary/aromatic N) is 3. The van der Waals surface area contributed by atoms with Crippen LogP contribution < -0.4 is 5.56 Å². The minimum Gasteiger partial charge on any atom is -0.481 e. The molecule has 132 valence electrons. The van der Waals surface area contributed by atoms with Crippen LogP contribution in [0.5, 0.6) is 0 Å². The van der Waals surface area contributed by atoms with Crippen molar-refractivity contribution in [2.45, 2.75) is 44.6 Å². The lowest BCUT2D eigenvalue weighted by Crippen LogP contribution is -2.34. The van der Waals surface area contributed by atoms with E-state index in [-0.39, 0.29) is 18.0 Å². The summed E-state index contributed by atoms with van der Waals surface area (Å²) in [5, 5.41) is 9.92. The fourth-order valence-electron chi connectivity index (χ4n) is 3.83. The summed E-state index contributed by atoms with van der Waals surface area (Å²) in [4.78, 5) is 44.5. The van der Waals surface area contributed by atoms with Crippen LogP contribution in [-0.2, 0) is 22.6 Å². The maximum atomic E-state index is 12.9. The molecule has 7 nitrogen and oxygen atoms in total. The van der Waals surface area contributed by atoms with Crippen molar-refractivity contribution in [2.75, 3.05) is 13.1 Å². The number of carboxylic acid groups (broad SMARTS) is 1. The monoisotopic (exact) mass is 361 g/mol. The largest absolute Gasteiger partial charge is 0.481 e. The third-order valence-electron chi connectivity index (χ3n) is 5.10. The Balaban J connectivity index is 1.77. The van der Waals surface area contributed by atoms with Crippen LogP contribution in [0.15, 0.2) is 11.1 Å². The van der Waals surface area contributed by atoms with Crippen LogP contribution in [0.2, 0.25) is 0 Å². The third-order valence-corrected chi connectivity index (χ3v) is 6.27. The van der Waals surface area contributed by atoms with Crippen molar-refractivity contribution in [1.82, 2.24) is 14.5 Å². The Morgan fingerprint density at radius 2 is 2.04 bits per heavy atom. The first-order chi connectivity index (χ1) is 12.1. The summed E-state index contributed by atoms with van der Waals surface area (Å²) in [7, 11) is 0. The highest BCUT2D eigenvalue weighted by molar-refractivity contribution is 7.18. The number of thiophene rings is 1. The van der Waals surface area contributed by atoms with Crippen molar-refractivity contribution < 1.29 is 14.7 Å². The van der Waals surface area contributed by atoms with Gasteiger partial charge in [0.05, 0.1) is 17.6 Å². The number of carbonyl (C=O) groups is 2. The van der Waals surface area contributed by atoms with Crippen molar-refractivity contribution in [3.8, 4) is 0 Å². The number of aromatic nitrogens is 2. The molecule has 1 N–H and O–H groups in total. The third kappa shape index (κ3) is 2.74. The van der Waals surface area contributed by atoms with Gasteiger partial charge >= 0.3 is 5.97 Å². The molecule has 1 atom stereocenters. The molecule has 0 saturated carbocycles. The summed E-state index contributed by atoms with van der Waals surface area (Å²) in [6.45, 7) is 1.43. The van der Waals surface area contributed by atoms with E-state index in [1.165, 1.54) is 22.2 Å². The van der Waals surface area contributed by atoms with Gasteiger partial charge in [-0.2, -0.15) is 0 Å². The average Bonchev–Trinajstić information content (AvgIpc) is 3.24. The number of likely N-dealkylation sites (tertiary alicyclic amines) is 1. The van der Waals surface area contributed by atoms with Crippen LogP contribution >= 0.6 is 11.3 Å². The van der Waals surface area contributed by atoms with Crippen LogP contribution in [0.3, 0.4) is 0 Å². The van der Waals surface area contributed by atoms with Crippen LogP contribution in [0.4, 0.5) is 0 Å². The molecule has 1 amide bonds. The summed E-state index contributed by atoms with van der Waals surface area (Å²) >= 11 is 1.40. The number of carboxylic acids is 1. The standard InChI is InChI=1S/C17H19N3O4S/c21-12(19-6-1-2-7-19)8-20-9-18-15-14(16(20)22)13-10(17(23)24)4-3-5-11(13)25-15/h9-10H,1-8H2,(H,23,24). The van der Waals surface area contributed by atoms with Crippen LogP contribution in [0.25, 0.3) is 10.2 Å². The molecule has 0 aromatic carbocycles. The smallest absolute Gasteiger partial charge is 0.311 e.